The molecule has 1 aromatic rings. The van der Waals surface area contributed by atoms with Crippen molar-refractivity contribution in [1.29, 1.82) is 0 Å². The summed E-state index contributed by atoms with van der Waals surface area (Å²) in [4.78, 5) is 28.6. The van der Waals surface area contributed by atoms with Crippen molar-refractivity contribution in [2.24, 2.45) is 0 Å². The van der Waals surface area contributed by atoms with Crippen molar-refractivity contribution >= 4 is 29.2 Å². The van der Waals surface area contributed by atoms with Gasteiger partial charge in [0, 0.05) is 25.4 Å². The fraction of sp³-hybridized carbons (Fsp3) is 0.625. The van der Waals surface area contributed by atoms with Crippen molar-refractivity contribution in [2.45, 2.75) is 44.8 Å². The summed E-state index contributed by atoms with van der Waals surface area (Å²) in [5.41, 5.74) is -1.65. The minimum absolute atomic E-state index is 0.172. The Bertz CT molecular complexity index is 684. The first-order valence-corrected chi connectivity index (χ1v) is 8.60. The Labute approximate surface area is 156 Å². The summed E-state index contributed by atoms with van der Waals surface area (Å²) in [6, 6.07) is 1.26. The molecule has 1 aliphatic rings. The number of hydrogen-bond acceptors (Lipinski definition) is 7. The van der Waals surface area contributed by atoms with E-state index in [-0.39, 0.29) is 23.1 Å². The largest absolute Gasteiger partial charge is 0.444 e. The number of aliphatic hydroxyl groups is 1. The Morgan fingerprint density at radius 1 is 1.50 bits per heavy atom. The fourth-order valence-electron chi connectivity index (χ4n) is 2.79. The second-order valence-electron chi connectivity index (χ2n) is 7.31. The van der Waals surface area contributed by atoms with Crippen LogP contribution in [-0.2, 0) is 4.74 Å². The standard InChI is InChI=1S/C16H23ClN4O5/c1-15(2,3)26-14(23)19-16(10-22)4-6-20(7-5-16)13-12(21(24)25)8-11(17)9-18-13/h8-9,22H,4-7,10H2,1-3H3,(H,19,23). The van der Waals surface area contributed by atoms with Gasteiger partial charge < -0.3 is 20.1 Å². The zero-order valence-electron chi connectivity index (χ0n) is 15.0. The van der Waals surface area contributed by atoms with Crippen LogP contribution >= 0.6 is 11.6 Å². The highest BCUT2D eigenvalue weighted by Crippen LogP contribution is 2.32. The molecule has 0 spiro atoms. The molecule has 0 atom stereocenters. The highest BCUT2D eigenvalue weighted by atomic mass is 35.5. The predicted octanol–water partition coefficient (Wildman–Crippen LogP) is 2.50. The molecule has 1 saturated heterocycles. The lowest BCUT2D eigenvalue weighted by Gasteiger charge is -2.41. The lowest BCUT2D eigenvalue weighted by Crippen LogP contribution is -2.58. The zero-order valence-corrected chi connectivity index (χ0v) is 15.7. The third kappa shape index (κ3) is 4.95. The first-order valence-electron chi connectivity index (χ1n) is 8.22. The van der Waals surface area contributed by atoms with Gasteiger partial charge in [-0.15, -0.1) is 0 Å². The van der Waals surface area contributed by atoms with Crippen molar-refractivity contribution in [2.75, 3.05) is 24.6 Å². The Morgan fingerprint density at radius 2 is 2.12 bits per heavy atom. The Morgan fingerprint density at radius 3 is 2.62 bits per heavy atom. The average Bonchev–Trinajstić information content (AvgIpc) is 2.53. The average molecular weight is 387 g/mol. The minimum atomic E-state index is -0.833. The van der Waals surface area contributed by atoms with Crippen molar-refractivity contribution in [3.8, 4) is 0 Å². The van der Waals surface area contributed by atoms with Gasteiger partial charge in [0.05, 0.1) is 22.1 Å². The summed E-state index contributed by atoms with van der Waals surface area (Å²) in [5, 5.41) is 24.0. The Balaban J connectivity index is 2.10. The summed E-state index contributed by atoms with van der Waals surface area (Å²) < 4.78 is 5.25. The molecule has 1 fully saturated rings. The molecule has 2 rings (SSSR count). The van der Waals surface area contributed by atoms with E-state index in [0.29, 0.717) is 25.9 Å². The number of carbonyl (C=O) groups excluding carboxylic acids is 1. The number of amides is 1. The fourth-order valence-corrected chi connectivity index (χ4v) is 2.94. The number of aliphatic hydroxyl groups excluding tert-OH is 1. The molecule has 0 saturated carbocycles. The minimum Gasteiger partial charge on any atom is -0.444 e. The van der Waals surface area contributed by atoms with Crippen LogP contribution in [0.4, 0.5) is 16.3 Å². The maximum Gasteiger partial charge on any atom is 0.408 e. The van der Waals surface area contributed by atoms with Gasteiger partial charge in [-0.25, -0.2) is 9.78 Å². The third-order valence-corrected chi connectivity index (χ3v) is 4.31. The predicted molar refractivity (Wildman–Crippen MR) is 96.5 cm³/mol. The first kappa shape index (κ1) is 20.2. The van der Waals surface area contributed by atoms with E-state index in [1.807, 2.05) is 0 Å². The van der Waals surface area contributed by atoms with Crippen LogP contribution in [0.2, 0.25) is 5.02 Å². The third-order valence-electron chi connectivity index (χ3n) is 4.10. The first-order chi connectivity index (χ1) is 12.1. The molecule has 9 nitrogen and oxygen atoms in total. The van der Waals surface area contributed by atoms with Crippen LogP contribution in [0, 0.1) is 10.1 Å². The zero-order chi connectivity index (χ0) is 19.5. The summed E-state index contributed by atoms with van der Waals surface area (Å²) in [6.07, 6.45) is 1.54. The topological polar surface area (TPSA) is 118 Å². The molecule has 0 aliphatic carbocycles. The number of nitro groups is 1. The number of alkyl carbamates (subject to hydrolysis) is 1. The molecular formula is C16H23ClN4O5. The lowest BCUT2D eigenvalue weighted by atomic mass is 9.88. The number of piperidine rings is 1. The monoisotopic (exact) mass is 386 g/mol. The molecule has 26 heavy (non-hydrogen) atoms. The van der Waals surface area contributed by atoms with Gasteiger partial charge in [0.25, 0.3) is 0 Å². The molecule has 144 valence electrons. The van der Waals surface area contributed by atoms with E-state index in [0.717, 1.165) is 0 Å². The van der Waals surface area contributed by atoms with E-state index >= 15 is 0 Å². The van der Waals surface area contributed by atoms with Crippen LogP contribution in [0.1, 0.15) is 33.6 Å². The van der Waals surface area contributed by atoms with E-state index < -0.39 is 22.2 Å². The maximum atomic E-state index is 12.0. The Hall–Kier alpha value is -2.13. The van der Waals surface area contributed by atoms with Crippen LogP contribution in [0.5, 0.6) is 0 Å². The molecule has 1 amide bonds. The van der Waals surface area contributed by atoms with Crippen LogP contribution in [0.3, 0.4) is 0 Å². The normalized spacial score (nSPS) is 16.9. The molecule has 2 heterocycles. The van der Waals surface area contributed by atoms with Gasteiger partial charge in [0.1, 0.15) is 5.60 Å². The number of ether oxygens (including phenoxy) is 1. The van der Waals surface area contributed by atoms with Crippen molar-refractivity contribution in [3.05, 3.63) is 27.4 Å². The van der Waals surface area contributed by atoms with Gasteiger partial charge >= 0.3 is 11.8 Å². The summed E-state index contributed by atoms with van der Waals surface area (Å²) in [7, 11) is 0. The second kappa shape index (κ2) is 7.63. The van der Waals surface area contributed by atoms with Crippen LogP contribution in [-0.4, -0.2) is 51.9 Å². The number of halogens is 1. The molecule has 2 N–H and O–H groups in total. The van der Waals surface area contributed by atoms with Crippen molar-refractivity contribution in [3.63, 3.8) is 0 Å². The highest BCUT2D eigenvalue weighted by Gasteiger charge is 2.38. The van der Waals surface area contributed by atoms with Crippen LogP contribution in [0.15, 0.2) is 12.3 Å². The van der Waals surface area contributed by atoms with E-state index in [2.05, 4.69) is 10.3 Å². The highest BCUT2D eigenvalue weighted by molar-refractivity contribution is 6.30. The molecule has 0 unspecified atom stereocenters. The second-order valence-corrected chi connectivity index (χ2v) is 7.74. The summed E-state index contributed by atoms with van der Waals surface area (Å²) in [6.45, 7) is 5.78. The SMILES string of the molecule is CC(C)(C)OC(=O)NC1(CO)CCN(c2ncc(Cl)cc2[N+](=O)[O-])CC1. The molecule has 0 radical (unpaired) electrons. The molecule has 1 aromatic heterocycles. The van der Waals surface area contributed by atoms with Gasteiger partial charge in [-0.1, -0.05) is 11.6 Å². The quantitative estimate of drug-likeness (QED) is 0.602. The maximum absolute atomic E-state index is 12.0. The number of pyridine rings is 1. The van der Waals surface area contributed by atoms with E-state index in [4.69, 9.17) is 16.3 Å². The molecule has 0 aromatic carbocycles. The van der Waals surface area contributed by atoms with E-state index in [9.17, 15) is 20.0 Å². The number of hydrogen-bond donors (Lipinski definition) is 2. The number of nitrogens with zero attached hydrogens (tertiary/aromatic N) is 3. The van der Waals surface area contributed by atoms with Gasteiger partial charge in [-0.05, 0) is 33.6 Å². The molecule has 0 bridgehead atoms. The van der Waals surface area contributed by atoms with Gasteiger partial charge in [0.2, 0.25) is 5.82 Å². The Kier molecular flexibility index (Phi) is 5.92. The number of aromatic nitrogens is 1. The molecule has 1 aliphatic heterocycles. The van der Waals surface area contributed by atoms with Crippen molar-refractivity contribution in [1.82, 2.24) is 10.3 Å². The molecule has 10 heteroatoms. The van der Waals surface area contributed by atoms with E-state index in [1.165, 1.54) is 12.3 Å². The molecular weight excluding hydrogens is 364 g/mol. The number of nitrogens with one attached hydrogen (secondary N) is 1. The lowest BCUT2D eigenvalue weighted by molar-refractivity contribution is -0.384. The van der Waals surface area contributed by atoms with E-state index in [1.54, 1.807) is 25.7 Å². The van der Waals surface area contributed by atoms with Gasteiger partial charge in [-0.3, -0.25) is 10.1 Å². The van der Waals surface area contributed by atoms with Gasteiger partial charge in [0.15, 0.2) is 0 Å². The summed E-state index contributed by atoms with van der Waals surface area (Å²) in [5.74, 6) is 0.225. The number of rotatable bonds is 4. The van der Waals surface area contributed by atoms with Crippen LogP contribution in [0.25, 0.3) is 0 Å². The van der Waals surface area contributed by atoms with Crippen LogP contribution < -0.4 is 10.2 Å². The van der Waals surface area contributed by atoms with Gasteiger partial charge in [-0.2, -0.15) is 0 Å². The smallest absolute Gasteiger partial charge is 0.408 e. The number of anilines is 1. The van der Waals surface area contributed by atoms with Crippen molar-refractivity contribution < 1.29 is 19.6 Å². The number of carbonyl (C=O) groups is 1. The summed E-state index contributed by atoms with van der Waals surface area (Å²) >= 11 is 5.80.